The van der Waals surface area contributed by atoms with E-state index >= 15 is 0 Å². The molecule has 0 unspecified atom stereocenters. The molecule has 1 aromatic carbocycles. The van der Waals surface area contributed by atoms with E-state index in [0.717, 1.165) is 29.6 Å². The molecule has 1 N–H and O–H groups in total. The molecule has 0 saturated carbocycles. The van der Waals surface area contributed by atoms with Gasteiger partial charge in [-0.05, 0) is 23.0 Å². The van der Waals surface area contributed by atoms with Gasteiger partial charge in [0.15, 0.2) is 0 Å². The Morgan fingerprint density at radius 1 is 1.56 bits per heavy atom. The Balaban J connectivity index is 2.24. The third kappa shape index (κ3) is 2.57. The molecule has 5 heteroatoms. The molecule has 1 aromatic rings. The van der Waals surface area contributed by atoms with E-state index in [1.165, 1.54) is 0 Å². The standard InChI is InChI=1S/C13H18BNO3/c1-3-7-15(10(2)16)8-11-5-4-6-12-9-18-14(17)13(11)12/h4-6,17H,3,7-9H2,1-2H3. The molecule has 4 nitrogen and oxygen atoms in total. The molecule has 0 radical (unpaired) electrons. The van der Waals surface area contributed by atoms with Crippen molar-refractivity contribution in [3.63, 3.8) is 0 Å². The summed E-state index contributed by atoms with van der Waals surface area (Å²) in [6, 6.07) is 5.84. The first-order valence-corrected chi connectivity index (χ1v) is 6.29. The Morgan fingerprint density at radius 2 is 2.33 bits per heavy atom. The van der Waals surface area contributed by atoms with Crippen molar-refractivity contribution < 1.29 is 14.5 Å². The molecule has 18 heavy (non-hydrogen) atoms. The van der Waals surface area contributed by atoms with Crippen LogP contribution in [0, 0.1) is 0 Å². The maximum atomic E-state index is 11.6. The zero-order chi connectivity index (χ0) is 13.1. The van der Waals surface area contributed by atoms with Crippen LogP contribution in [0.1, 0.15) is 31.4 Å². The minimum atomic E-state index is -0.855. The monoisotopic (exact) mass is 247 g/mol. The lowest BCUT2D eigenvalue weighted by molar-refractivity contribution is -0.129. The minimum absolute atomic E-state index is 0.0582. The molecule has 1 heterocycles. The second-order valence-electron chi connectivity index (χ2n) is 4.59. The second-order valence-corrected chi connectivity index (χ2v) is 4.59. The largest absolute Gasteiger partial charge is 0.492 e. The highest BCUT2D eigenvalue weighted by molar-refractivity contribution is 6.62. The maximum absolute atomic E-state index is 11.6. The van der Waals surface area contributed by atoms with Crippen molar-refractivity contribution in [3.8, 4) is 0 Å². The first-order valence-electron chi connectivity index (χ1n) is 6.29. The average molecular weight is 247 g/mol. The first kappa shape index (κ1) is 13.1. The fourth-order valence-electron chi connectivity index (χ4n) is 2.32. The molecule has 0 atom stereocenters. The Labute approximate surface area is 108 Å². The zero-order valence-electron chi connectivity index (χ0n) is 10.8. The van der Waals surface area contributed by atoms with E-state index in [2.05, 4.69) is 0 Å². The van der Waals surface area contributed by atoms with Crippen LogP contribution in [0.2, 0.25) is 0 Å². The van der Waals surface area contributed by atoms with Crippen LogP contribution in [0.5, 0.6) is 0 Å². The molecule has 0 aromatic heterocycles. The summed E-state index contributed by atoms with van der Waals surface area (Å²) in [5, 5.41) is 9.82. The maximum Gasteiger partial charge on any atom is 0.492 e. The van der Waals surface area contributed by atoms with E-state index in [1.807, 2.05) is 25.1 Å². The fraction of sp³-hybridized carbons (Fsp3) is 0.462. The molecular weight excluding hydrogens is 229 g/mol. The topological polar surface area (TPSA) is 49.8 Å². The van der Waals surface area contributed by atoms with Crippen LogP contribution in [0.3, 0.4) is 0 Å². The molecule has 0 spiro atoms. The smallest absolute Gasteiger partial charge is 0.423 e. The third-order valence-electron chi connectivity index (χ3n) is 3.23. The number of carbonyl (C=O) groups excluding carboxylic acids is 1. The van der Waals surface area contributed by atoms with Crippen molar-refractivity contribution in [1.29, 1.82) is 0 Å². The summed E-state index contributed by atoms with van der Waals surface area (Å²) in [6.07, 6.45) is 0.924. The highest BCUT2D eigenvalue weighted by Crippen LogP contribution is 2.14. The van der Waals surface area contributed by atoms with Crippen molar-refractivity contribution in [2.45, 2.75) is 33.4 Å². The molecule has 1 amide bonds. The summed E-state index contributed by atoms with van der Waals surface area (Å²) in [5.41, 5.74) is 2.82. The van der Waals surface area contributed by atoms with Gasteiger partial charge in [-0.2, -0.15) is 0 Å². The van der Waals surface area contributed by atoms with Gasteiger partial charge in [-0.3, -0.25) is 4.79 Å². The molecule has 96 valence electrons. The predicted octanol–water partition coefficient (Wildman–Crippen LogP) is 0.663. The van der Waals surface area contributed by atoms with E-state index in [4.69, 9.17) is 4.65 Å². The lowest BCUT2D eigenvalue weighted by Gasteiger charge is -2.21. The van der Waals surface area contributed by atoms with E-state index in [9.17, 15) is 9.82 Å². The molecular formula is C13H18BNO3. The van der Waals surface area contributed by atoms with Crippen LogP contribution in [0.15, 0.2) is 18.2 Å². The second kappa shape index (κ2) is 5.54. The number of fused-ring (bicyclic) bond motifs is 1. The van der Waals surface area contributed by atoms with Gasteiger partial charge in [-0.1, -0.05) is 25.1 Å². The van der Waals surface area contributed by atoms with Gasteiger partial charge in [0.25, 0.3) is 0 Å². The predicted molar refractivity (Wildman–Crippen MR) is 70.2 cm³/mol. The summed E-state index contributed by atoms with van der Waals surface area (Å²) >= 11 is 0. The average Bonchev–Trinajstić information content (AvgIpc) is 2.71. The van der Waals surface area contributed by atoms with Crippen LogP contribution in [0.4, 0.5) is 0 Å². The number of hydrogen-bond donors (Lipinski definition) is 1. The SMILES string of the molecule is CCCN(Cc1cccc2c1B(O)OC2)C(C)=O. The Morgan fingerprint density at radius 3 is 3.00 bits per heavy atom. The summed E-state index contributed by atoms with van der Waals surface area (Å²) in [6.45, 7) is 5.33. The molecule has 0 saturated heterocycles. The van der Waals surface area contributed by atoms with Gasteiger partial charge in [0.2, 0.25) is 5.91 Å². The van der Waals surface area contributed by atoms with Crippen LogP contribution < -0.4 is 5.46 Å². The molecule has 0 bridgehead atoms. The van der Waals surface area contributed by atoms with E-state index in [1.54, 1.807) is 11.8 Å². The summed E-state index contributed by atoms with van der Waals surface area (Å²) in [5.74, 6) is 0.0582. The van der Waals surface area contributed by atoms with E-state index < -0.39 is 7.12 Å². The van der Waals surface area contributed by atoms with Gasteiger partial charge in [0.05, 0.1) is 6.61 Å². The summed E-state index contributed by atoms with van der Waals surface area (Å²) < 4.78 is 5.22. The zero-order valence-corrected chi connectivity index (χ0v) is 10.8. The number of amides is 1. The highest BCUT2D eigenvalue weighted by atomic mass is 16.5. The van der Waals surface area contributed by atoms with Gasteiger partial charge in [-0.15, -0.1) is 0 Å². The summed E-state index contributed by atoms with van der Waals surface area (Å²) in [4.78, 5) is 13.3. The lowest BCUT2D eigenvalue weighted by atomic mass is 9.76. The van der Waals surface area contributed by atoms with Crippen LogP contribution in [-0.2, 0) is 22.6 Å². The van der Waals surface area contributed by atoms with Gasteiger partial charge >= 0.3 is 7.12 Å². The first-order chi connectivity index (χ1) is 8.63. The number of nitrogens with zero attached hydrogens (tertiary/aromatic N) is 1. The Kier molecular flexibility index (Phi) is 4.04. The molecule has 1 aliphatic heterocycles. The Hall–Kier alpha value is -1.33. The van der Waals surface area contributed by atoms with Gasteiger partial charge in [-0.25, -0.2) is 0 Å². The van der Waals surface area contributed by atoms with Crippen LogP contribution in [-0.4, -0.2) is 29.5 Å². The van der Waals surface area contributed by atoms with Crippen molar-refractivity contribution >= 4 is 18.5 Å². The van der Waals surface area contributed by atoms with Crippen molar-refractivity contribution in [3.05, 3.63) is 29.3 Å². The molecule has 2 rings (SSSR count). The number of benzene rings is 1. The highest BCUT2D eigenvalue weighted by Gasteiger charge is 2.30. The van der Waals surface area contributed by atoms with Crippen molar-refractivity contribution in [1.82, 2.24) is 4.90 Å². The van der Waals surface area contributed by atoms with Crippen molar-refractivity contribution in [2.24, 2.45) is 0 Å². The van der Waals surface area contributed by atoms with Gasteiger partial charge in [0, 0.05) is 20.0 Å². The molecule has 1 aliphatic rings. The van der Waals surface area contributed by atoms with Crippen LogP contribution in [0.25, 0.3) is 0 Å². The quantitative estimate of drug-likeness (QED) is 0.795. The number of rotatable bonds is 4. The fourth-order valence-corrected chi connectivity index (χ4v) is 2.32. The molecule has 0 fully saturated rings. The number of carbonyl (C=O) groups is 1. The minimum Gasteiger partial charge on any atom is -0.423 e. The normalized spacial score (nSPS) is 13.6. The van der Waals surface area contributed by atoms with E-state index in [-0.39, 0.29) is 5.91 Å². The third-order valence-corrected chi connectivity index (χ3v) is 3.23. The van der Waals surface area contributed by atoms with E-state index in [0.29, 0.717) is 13.2 Å². The van der Waals surface area contributed by atoms with Gasteiger partial charge < -0.3 is 14.6 Å². The summed E-state index contributed by atoms with van der Waals surface area (Å²) in [7, 11) is -0.855. The van der Waals surface area contributed by atoms with Crippen molar-refractivity contribution in [2.75, 3.05) is 6.54 Å². The lowest BCUT2D eigenvalue weighted by Crippen LogP contribution is -2.36. The van der Waals surface area contributed by atoms with Gasteiger partial charge in [0.1, 0.15) is 0 Å². The Bertz CT molecular complexity index is 450. The van der Waals surface area contributed by atoms with Crippen LogP contribution >= 0.6 is 0 Å². The molecule has 0 aliphatic carbocycles. The number of hydrogen-bond acceptors (Lipinski definition) is 3.